The van der Waals surface area contributed by atoms with Crippen molar-refractivity contribution in [2.75, 3.05) is 5.32 Å². The van der Waals surface area contributed by atoms with Gasteiger partial charge in [0, 0.05) is 12.2 Å². The van der Waals surface area contributed by atoms with Crippen molar-refractivity contribution in [3.63, 3.8) is 0 Å². The van der Waals surface area contributed by atoms with Crippen molar-refractivity contribution in [2.24, 2.45) is 0 Å². The number of hydrogen-bond donors (Lipinski definition) is 2. The second-order valence-corrected chi connectivity index (χ2v) is 6.56. The smallest absolute Gasteiger partial charge is 0.336 e. The number of aryl methyl sites for hydroxylation is 1. The molecule has 3 rings (SSSR count). The molecular formula is C23H23NO3. The number of carboxylic acids is 1. The third-order valence-corrected chi connectivity index (χ3v) is 4.47. The van der Waals surface area contributed by atoms with Crippen LogP contribution in [-0.4, -0.2) is 11.1 Å². The maximum absolute atomic E-state index is 11.3. The molecule has 0 bridgehead atoms. The number of benzene rings is 3. The van der Waals surface area contributed by atoms with E-state index in [1.165, 1.54) is 5.56 Å². The molecule has 0 saturated carbocycles. The number of nitrogens with one attached hydrogen (secondary N) is 1. The van der Waals surface area contributed by atoms with Crippen LogP contribution in [0.15, 0.2) is 66.7 Å². The average Bonchev–Trinajstić information content (AvgIpc) is 2.67. The van der Waals surface area contributed by atoms with Gasteiger partial charge in [-0.25, -0.2) is 4.79 Å². The largest absolute Gasteiger partial charge is 0.489 e. The molecule has 0 unspecified atom stereocenters. The minimum Gasteiger partial charge on any atom is -0.489 e. The monoisotopic (exact) mass is 361 g/mol. The lowest BCUT2D eigenvalue weighted by atomic mass is 10.1. The van der Waals surface area contributed by atoms with Gasteiger partial charge in [-0.1, -0.05) is 48.0 Å². The predicted octanol–water partition coefficient (Wildman–Crippen LogP) is 5.19. The minimum absolute atomic E-state index is 0.315. The fourth-order valence-electron chi connectivity index (χ4n) is 2.85. The highest BCUT2D eigenvalue weighted by molar-refractivity contribution is 5.91. The Kier molecular flexibility index (Phi) is 5.77. The molecule has 4 heteroatoms. The zero-order valence-corrected chi connectivity index (χ0v) is 15.5. The number of carbonyl (C=O) groups is 1. The second-order valence-electron chi connectivity index (χ2n) is 6.56. The van der Waals surface area contributed by atoms with Crippen LogP contribution in [-0.2, 0) is 13.2 Å². The molecule has 0 heterocycles. The van der Waals surface area contributed by atoms with E-state index >= 15 is 0 Å². The molecule has 3 aromatic rings. The molecular weight excluding hydrogens is 338 g/mol. The van der Waals surface area contributed by atoms with Crippen LogP contribution in [0.4, 0.5) is 5.69 Å². The van der Waals surface area contributed by atoms with Crippen LogP contribution >= 0.6 is 0 Å². The summed E-state index contributed by atoms with van der Waals surface area (Å²) >= 11 is 0. The Bertz CT molecular complexity index is 933. The fraction of sp³-hybridized carbons (Fsp3) is 0.174. The van der Waals surface area contributed by atoms with E-state index in [0.29, 0.717) is 18.7 Å². The molecule has 0 aromatic heterocycles. The third kappa shape index (κ3) is 4.88. The van der Waals surface area contributed by atoms with E-state index in [0.717, 1.165) is 28.1 Å². The van der Waals surface area contributed by atoms with E-state index in [-0.39, 0.29) is 0 Å². The molecule has 0 aliphatic heterocycles. The summed E-state index contributed by atoms with van der Waals surface area (Å²) < 4.78 is 5.89. The zero-order chi connectivity index (χ0) is 19.2. The first-order valence-corrected chi connectivity index (χ1v) is 8.87. The normalized spacial score (nSPS) is 10.4. The number of aromatic carboxylic acids is 1. The molecule has 4 nitrogen and oxygen atoms in total. The molecule has 3 aromatic carbocycles. The van der Waals surface area contributed by atoms with Crippen molar-refractivity contribution in [3.05, 3.63) is 94.5 Å². The summed E-state index contributed by atoms with van der Waals surface area (Å²) in [5.74, 6) is -0.103. The Morgan fingerprint density at radius 3 is 2.44 bits per heavy atom. The number of ether oxygens (including phenoxy) is 1. The van der Waals surface area contributed by atoms with Gasteiger partial charge in [0.05, 0.1) is 5.56 Å². The van der Waals surface area contributed by atoms with Crippen molar-refractivity contribution < 1.29 is 14.6 Å². The number of anilines is 1. The highest BCUT2D eigenvalue weighted by atomic mass is 16.5. The predicted molar refractivity (Wildman–Crippen MR) is 107 cm³/mol. The van der Waals surface area contributed by atoms with Gasteiger partial charge in [0.15, 0.2) is 0 Å². The zero-order valence-electron chi connectivity index (χ0n) is 15.5. The Labute approximate surface area is 159 Å². The first kappa shape index (κ1) is 18.5. The van der Waals surface area contributed by atoms with Gasteiger partial charge in [-0.2, -0.15) is 0 Å². The van der Waals surface area contributed by atoms with Crippen molar-refractivity contribution in [1.29, 1.82) is 0 Å². The first-order valence-electron chi connectivity index (χ1n) is 8.87. The summed E-state index contributed by atoms with van der Waals surface area (Å²) in [6, 6.07) is 21.5. The Balaban J connectivity index is 1.63. The van der Waals surface area contributed by atoms with Crippen molar-refractivity contribution in [3.8, 4) is 5.75 Å². The lowest BCUT2D eigenvalue weighted by Crippen LogP contribution is -2.06. The van der Waals surface area contributed by atoms with E-state index in [1.54, 1.807) is 12.1 Å². The molecule has 2 N–H and O–H groups in total. The standard InChI is InChI=1S/C23H23NO3/c1-16-9-11-18(12-10-16)15-27-20-6-3-5-19(13-20)14-24-22-8-4-7-21(17(22)2)23(25)26/h3-13,24H,14-15H2,1-2H3,(H,25,26). The third-order valence-electron chi connectivity index (χ3n) is 4.47. The van der Waals surface area contributed by atoms with Crippen LogP contribution in [0.5, 0.6) is 5.75 Å². The van der Waals surface area contributed by atoms with Gasteiger partial charge in [-0.05, 0) is 54.8 Å². The molecule has 0 radical (unpaired) electrons. The van der Waals surface area contributed by atoms with Gasteiger partial charge in [-0.15, -0.1) is 0 Å². The van der Waals surface area contributed by atoms with Gasteiger partial charge in [0.25, 0.3) is 0 Å². The van der Waals surface area contributed by atoms with Crippen molar-refractivity contribution in [2.45, 2.75) is 27.0 Å². The molecule has 27 heavy (non-hydrogen) atoms. The van der Waals surface area contributed by atoms with E-state index in [2.05, 4.69) is 36.5 Å². The molecule has 0 saturated heterocycles. The van der Waals surface area contributed by atoms with Gasteiger partial charge in [0.2, 0.25) is 0 Å². The lowest BCUT2D eigenvalue weighted by Gasteiger charge is -2.13. The number of carboxylic acid groups (broad SMARTS) is 1. The van der Waals surface area contributed by atoms with Gasteiger partial charge in [0.1, 0.15) is 12.4 Å². The number of rotatable bonds is 7. The van der Waals surface area contributed by atoms with Crippen LogP contribution < -0.4 is 10.1 Å². The summed E-state index contributed by atoms with van der Waals surface area (Å²) in [5, 5.41) is 12.5. The highest BCUT2D eigenvalue weighted by Crippen LogP contribution is 2.21. The quantitative estimate of drug-likeness (QED) is 0.608. The van der Waals surface area contributed by atoms with Gasteiger partial charge >= 0.3 is 5.97 Å². The van der Waals surface area contributed by atoms with Crippen molar-refractivity contribution in [1.82, 2.24) is 0 Å². The Morgan fingerprint density at radius 2 is 1.70 bits per heavy atom. The number of hydrogen-bond acceptors (Lipinski definition) is 3. The minimum atomic E-state index is -0.914. The van der Waals surface area contributed by atoms with Gasteiger partial charge < -0.3 is 15.2 Å². The molecule has 0 amide bonds. The maximum Gasteiger partial charge on any atom is 0.336 e. The summed E-state index contributed by atoms with van der Waals surface area (Å²) in [4.78, 5) is 11.3. The van der Waals surface area contributed by atoms with Crippen LogP contribution in [0.2, 0.25) is 0 Å². The SMILES string of the molecule is Cc1ccc(COc2cccc(CNc3cccc(C(=O)O)c3C)c2)cc1. The summed E-state index contributed by atoms with van der Waals surface area (Å²) in [6.07, 6.45) is 0. The molecule has 0 atom stereocenters. The molecule has 0 spiro atoms. The molecule has 0 aliphatic carbocycles. The molecule has 0 aliphatic rings. The summed E-state index contributed by atoms with van der Waals surface area (Å²) in [7, 11) is 0. The van der Waals surface area contributed by atoms with E-state index in [9.17, 15) is 9.90 Å². The molecule has 138 valence electrons. The Morgan fingerprint density at radius 1 is 0.963 bits per heavy atom. The molecule has 0 fully saturated rings. The highest BCUT2D eigenvalue weighted by Gasteiger charge is 2.09. The van der Waals surface area contributed by atoms with Crippen LogP contribution in [0.3, 0.4) is 0 Å². The summed E-state index contributed by atoms with van der Waals surface area (Å²) in [5.41, 5.74) is 5.30. The first-order chi connectivity index (χ1) is 13.0. The van der Waals surface area contributed by atoms with E-state index in [4.69, 9.17) is 4.74 Å². The fourth-order valence-corrected chi connectivity index (χ4v) is 2.85. The summed E-state index contributed by atoms with van der Waals surface area (Å²) in [6.45, 7) is 4.99. The average molecular weight is 361 g/mol. The van der Waals surface area contributed by atoms with E-state index < -0.39 is 5.97 Å². The van der Waals surface area contributed by atoms with E-state index in [1.807, 2.05) is 37.3 Å². The van der Waals surface area contributed by atoms with Crippen LogP contribution in [0, 0.1) is 13.8 Å². The Hall–Kier alpha value is -3.27. The van der Waals surface area contributed by atoms with Crippen LogP contribution in [0.25, 0.3) is 0 Å². The van der Waals surface area contributed by atoms with Gasteiger partial charge in [-0.3, -0.25) is 0 Å². The van der Waals surface area contributed by atoms with Crippen LogP contribution in [0.1, 0.15) is 32.6 Å². The second kappa shape index (κ2) is 8.41. The lowest BCUT2D eigenvalue weighted by molar-refractivity contribution is 0.0696. The van der Waals surface area contributed by atoms with Crippen molar-refractivity contribution >= 4 is 11.7 Å². The topological polar surface area (TPSA) is 58.6 Å². The maximum atomic E-state index is 11.3.